The van der Waals surface area contributed by atoms with Crippen LogP contribution >= 0.6 is 0 Å². The molecule has 0 bridgehead atoms. The Balaban J connectivity index is 0.000000209. The molecular formula is C49H31F8N9O4S. The van der Waals surface area contributed by atoms with E-state index in [4.69, 9.17) is 15.7 Å². The van der Waals surface area contributed by atoms with Crippen LogP contribution in [0.5, 0.6) is 0 Å². The normalized spacial score (nSPS) is 11.4. The van der Waals surface area contributed by atoms with Gasteiger partial charge in [0.05, 0.1) is 50.9 Å². The predicted molar refractivity (Wildman–Crippen MR) is 242 cm³/mol. The number of carbonyl (C=O) groups excluding carboxylic acids is 2. The van der Waals surface area contributed by atoms with Crippen LogP contribution in [0.2, 0.25) is 0 Å². The summed E-state index contributed by atoms with van der Waals surface area (Å²) in [5.41, 5.74) is -1.31. The summed E-state index contributed by atoms with van der Waals surface area (Å²) in [6, 6.07) is 36.4. The fraction of sp³-hybridized carbons (Fsp3) is 0.0612. The number of sulfonamides is 1. The zero-order valence-electron chi connectivity index (χ0n) is 36.2. The topological polar surface area (TPSA) is 202 Å². The Hall–Kier alpha value is -8.99. The van der Waals surface area contributed by atoms with Gasteiger partial charge in [0.1, 0.15) is 23.0 Å². The minimum absolute atomic E-state index is 0.00937. The average Bonchev–Trinajstić information content (AvgIpc) is 4.01. The average molecular weight is 994 g/mol. The zero-order chi connectivity index (χ0) is 51.4. The summed E-state index contributed by atoms with van der Waals surface area (Å²) in [5.74, 6) is -3.83. The number of primary sulfonamides is 1. The van der Waals surface area contributed by atoms with Crippen molar-refractivity contribution in [3.8, 4) is 45.8 Å². The molecule has 8 aromatic rings. The van der Waals surface area contributed by atoms with Crippen LogP contribution in [0.3, 0.4) is 0 Å². The largest absolute Gasteiger partial charge is 0.435 e. The number of nitriles is 2. The summed E-state index contributed by atoms with van der Waals surface area (Å²) in [6.45, 7) is 1.88. The van der Waals surface area contributed by atoms with Crippen molar-refractivity contribution in [1.82, 2.24) is 19.6 Å². The Labute approximate surface area is 397 Å². The molecule has 71 heavy (non-hydrogen) atoms. The van der Waals surface area contributed by atoms with Crippen LogP contribution in [-0.2, 0) is 22.4 Å². The molecule has 0 atom stereocenters. The van der Waals surface area contributed by atoms with Crippen molar-refractivity contribution in [2.24, 2.45) is 5.14 Å². The first-order valence-corrected chi connectivity index (χ1v) is 21.9. The van der Waals surface area contributed by atoms with Gasteiger partial charge in [-0.15, -0.1) is 0 Å². The van der Waals surface area contributed by atoms with Crippen LogP contribution in [0, 0.1) is 41.2 Å². The van der Waals surface area contributed by atoms with Gasteiger partial charge < -0.3 is 10.6 Å². The lowest BCUT2D eigenvalue weighted by Crippen LogP contribution is -2.18. The number of nitrogens with two attached hydrogens (primary N) is 1. The van der Waals surface area contributed by atoms with Gasteiger partial charge in [0, 0.05) is 17.7 Å². The lowest BCUT2D eigenvalue weighted by Gasteiger charge is -2.12. The molecule has 0 aliphatic rings. The van der Waals surface area contributed by atoms with Gasteiger partial charge in [0.25, 0.3) is 11.8 Å². The number of hydrogen-bond acceptors (Lipinski definition) is 8. The molecule has 2 aromatic heterocycles. The van der Waals surface area contributed by atoms with E-state index in [0.717, 1.165) is 27.9 Å². The van der Waals surface area contributed by atoms with Crippen LogP contribution in [0.1, 0.15) is 49.1 Å². The van der Waals surface area contributed by atoms with Crippen LogP contribution in [0.4, 0.5) is 46.5 Å². The molecular weight excluding hydrogens is 963 g/mol. The van der Waals surface area contributed by atoms with Gasteiger partial charge in [0.2, 0.25) is 10.0 Å². The van der Waals surface area contributed by atoms with E-state index in [2.05, 4.69) is 20.8 Å². The summed E-state index contributed by atoms with van der Waals surface area (Å²) in [6.07, 6.45) is -9.69. The number of benzene rings is 6. The molecule has 4 N–H and O–H groups in total. The van der Waals surface area contributed by atoms with E-state index in [-0.39, 0.29) is 49.9 Å². The van der Waals surface area contributed by atoms with Crippen molar-refractivity contribution in [1.29, 1.82) is 10.5 Å². The third kappa shape index (κ3) is 11.3. The van der Waals surface area contributed by atoms with Crippen LogP contribution in [-0.4, -0.2) is 39.8 Å². The Kier molecular flexibility index (Phi) is 14.0. The highest BCUT2D eigenvalue weighted by Crippen LogP contribution is 2.34. The highest BCUT2D eigenvalue weighted by molar-refractivity contribution is 7.89. The van der Waals surface area contributed by atoms with E-state index in [1.165, 1.54) is 91.0 Å². The fourth-order valence-electron chi connectivity index (χ4n) is 6.96. The predicted octanol–water partition coefficient (Wildman–Crippen LogP) is 10.6. The molecule has 0 radical (unpaired) electrons. The van der Waals surface area contributed by atoms with Crippen LogP contribution in [0.15, 0.2) is 150 Å². The molecule has 13 nitrogen and oxygen atoms in total. The first kappa shape index (κ1) is 49.9. The zero-order valence-corrected chi connectivity index (χ0v) is 37.0. The third-order valence-corrected chi connectivity index (χ3v) is 11.3. The summed E-state index contributed by atoms with van der Waals surface area (Å²) in [4.78, 5) is 25.6. The number of nitrogens with one attached hydrogen (secondary N) is 2. The van der Waals surface area contributed by atoms with Gasteiger partial charge in [-0.1, -0.05) is 66.7 Å². The quantitative estimate of drug-likeness (QED) is 0.119. The molecule has 0 saturated heterocycles. The maximum Gasteiger partial charge on any atom is 0.435 e. The van der Waals surface area contributed by atoms with Gasteiger partial charge in [-0.05, 0) is 95.9 Å². The van der Waals surface area contributed by atoms with Crippen molar-refractivity contribution < 1.29 is 53.1 Å². The summed E-state index contributed by atoms with van der Waals surface area (Å²) in [7, 11) is -4.12. The molecule has 0 unspecified atom stereocenters. The third-order valence-electron chi connectivity index (χ3n) is 10.3. The number of halogens is 8. The Morgan fingerprint density at radius 1 is 0.577 bits per heavy atom. The van der Waals surface area contributed by atoms with E-state index < -0.39 is 68.6 Å². The van der Waals surface area contributed by atoms with E-state index >= 15 is 0 Å². The maximum absolute atomic E-state index is 14.9. The molecule has 2 amide bonds. The fourth-order valence-corrected chi connectivity index (χ4v) is 7.72. The minimum Gasteiger partial charge on any atom is -0.318 e. The number of alkyl halides is 6. The first-order chi connectivity index (χ1) is 33.5. The molecule has 6 aromatic carbocycles. The molecule has 0 spiro atoms. The monoisotopic (exact) mass is 993 g/mol. The van der Waals surface area contributed by atoms with Gasteiger partial charge in [-0.25, -0.2) is 31.7 Å². The Bertz CT molecular complexity index is 3580. The molecule has 0 aliphatic carbocycles. The Morgan fingerprint density at radius 3 is 1.41 bits per heavy atom. The summed E-state index contributed by atoms with van der Waals surface area (Å²) < 4.78 is 135. The summed E-state index contributed by atoms with van der Waals surface area (Å²) >= 11 is 0. The number of hydrogen-bond donors (Lipinski definition) is 3. The van der Waals surface area contributed by atoms with Gasteiger partial charge in [-0.2, -0.15) is 47.1 Å². The van der Waals surface area contributed by atoms with Gasteiger partial charge in [-0.3, -0.25) is 9.59 Å². The summed E-state index contributed by atoms with van der Waals surface area (Å²) in [5, 5.41) is 34.9. The number of aryl methyl sites for hydroxylation is 1. The van der Waals surface area contributed by atoms with E-state index in [9.17, 15) is 53.1 Å². The number of carbonyl (C=O) groups is 2. The lowest BCUT2D eigenvalue weighted by molar-refractivity contribution is -0.142. The van der Waals surface area contributed by atoms with Crippen molar-refractivity contribution in [3.05, 3.63) is 197 Å². The van der Waals surface area contributed by atoms with E-state index in [0.29, 0.717) is 22.4 Å². The number of rotatable bonds is 9. The highest BCUT2D eigenvalue weighted by Gasteiger charge is 2.37. The second-order valence-corrected chi connectivity index (χ2v) is 16.7. The first-order valence-electron chi connectivity index (χ1n) is 20.3. The second kappa shape index (κ2) is 19.9. The van der Waals surface area contributed by atoms with Crippen molar-refractivity contribution >= 4 is 33.2 Å². The minimum atomic E-state index is -4.88. The molecule has 0 fully saturated rings. The molecule has 358 valence electrons. The van der Waals surface area contributed by atoms with Crippen LogP contribution in [0.25, 0.3) is 33.6 Å². The second-order valence-electron chi connectivity index (χ2n) is 15.1. The molecule has 8 rings (SSSR count). The standard InChI is InChI=1S/C25H16F4N4O.C24H15F4N5O3S/c1-15-5-2-3-8-19(15)17-9-10-21(20(26)12-17)31-24(34)22-13-23(25(27,28)29)32-33(22)18-7-4-6-16(11-18)14-30;25-18-11-15(17-6-1-2-7-21(17)37(30,35)36)8-9-19(18)31-23(34)20-12-22(24(26,27)28)32-33(20)16-5-3-4-14(10-16)13-29/h2-13H,1H3,(H,31,34);1-12H,(H,31,34)(H2,30,35,36). The van der Waals surface area contributed by atoms with Crippen molar-refractivity contribution in [2.45, 2.75) is 24.2 Å². The number of aromatic nitrogens is 4. The number of nitrogens with zero attached hydrogens (tertiary/aromatic N) is 6. The SMILES string of the molecule is Cc1ccccc1-c1ccc(NC(=O)c2cc(C(F)(F)F)nn2-c2cccc(C#N)c2)c(F)c1.N#Cc1cccc(-n2nc(C(F)(F)F)cc2C(=O)Nc2ccc(-c3ccccc3S(N)(=O)=O)cc2F)c1. The van der Waals surface area contributed by atoms with Gasteiger partial charge >= 0.3 is 12.4 Å². The Morgan fingerprint density at radius 2 is 1.00 bits per heavy atom. The lowest BCUT2D eigenvalue weighted by atomic mass is 10.0. The molecule has 0 saturated carbocycles. The smallest absolute Gasteiger partial charge is 0.318 e. The van der Waals surface area contributed by atoms with Gasteiger partial charge in [0.15, 0.2) is 11.4 Å². The highest BCUT2D eigenvalue weighted by atomic mass is 32.2. The number of amides is 2. The molecule has 2 heterocycles. The van der Waals surface area contributed by atoms with E-state index in [1.54, 1.807) is 6.07 Å². The molecule has 22 heteroatoms. The maximum atomic E-state index is 14.9. The van der Waals surface area contributed by atoms with E-state index in [1.807, 2.05) is 43.3 Å². The van der Waals surface area contributed by atoms with Crippen LogP contribution < -0.4 is 15.8 Å². The number of anilines is 2. The molecule has 0 aliphatic heterocycles. The van der Waals surface area contributed by atoms with Crippen molar-refractivity contribution in [3.63, 3.8) is 0 Å². The van der Waals surface area contributed by atoms with Crippen molar-refractivity contribution in [2.75, 3.05) is 10.6 Å².